The Bertz CT molecular complexity index is 690. The van der Waals surface area contributed by atoms with Crippen LogP contribution in [0.5, 0.6) is 0 Å². The summed E-state index contributed by atoms with van der Waals surface area (Å²) in [7, 11) is 0. The molecule has 0 radical (unpaired) electrons. The van der Waals surface area contributed by atoms with Crippen LogP contribution in [0.3, 0.4) is 0 Å². The number of hydrogen-bond acceptors (Lipinski definition) is 4. The van der Waals surface area contributed by atoms with Gasteiger partial charge < -0.3 is 9.84 Å². The number of halogens is 1. The number of aromatic carboxylic acids is 1. The summed E-state index contributed by atoms with van der Waals surface area (Å²) in [5.74, 6) is -0.917. The van der Waals surface area contributed by atoms with E-state index in [-0.39, 0.29) is 5.41 Å². The lowest BCUT2D eigenvalue weighted by Crippen LogP contribution is -2.35. The van der Waals surface area contributed by atoms with Crippen molar-refractivity contribution in [3.05, 3.63) is 50.4 Å². The Morgan fingerprint density at radius 2 is 1.95 bits per heavy atom. The van der Waals surface area contributed by atoms with E-state index in [0.29, 0.717) is 28.8 Å². The molecular formula is C16H16ClNO3S. The van der Waals surface area contributed by atoms with Crippen molar-refractivity contribution in [1.82, 2.24) is 4.98 Å². The predicted octanol–water partition coefficient (Wildman–Crippen LogP) is 3.90. The number of thiazole rings is 1. The highest BCUT2D eigenvalue weighted by molar-refractivity contribution is 7.13. The van der Waals surface area contributed by atoms with Crippen LogP contribution in [0.1, 0.15) is 38.8 Å². The summed E-state index contributed by atoms with van der Waals surface area (Å²) in [4.78, 5) is 16.2. The van der Waals surface area contributed by atoms with E-state index in [1.54, 1.807) is 6.92 Å². The van der Waals surface area contributed by atoms with E-state index in [4.69, 9.17) is 16.3 Å². The summed E-state index contributed by atoms with van der Waals surface area (Å²) in [6.45, 7) is 3.03. The standard InChI is InChI=1S/C16H16ClNO3S/c1-10-13(14(19)20)22-15(18-10)16(6-8-21-9-7-16)11-2-4-12(17)5-3-11/h2-5H,6-9H2,1H3,(H,19,20). The fourth-order valence-corrected chi connectivity index (χ4v) is 4.21. The minimum Gasteiger partial charge on any atom is -0.477 e. The van der Waals surface area contributed by atoms with Gasteiger partial charge in [-0.3, -0.25) is 0 Å². The quantitative estimate of drug-likeness (QED) is 0.922. The summed E-state index contributed by atoms with van der Waals surface area (Å²) in [6, 6.07) is 7.75. The molecule has 0 unspecified atom stereocenters. The van der Waals surface area contributed by atoms with Crippen molar-refractivity contribution in [1.29, 1.82) is 0 Å². The molecule has 4 nitrogen and oxygen atoms in total. The molecule has 1 aromatic heterocycles. The number of hydrogen-bond donors (Lipinski definition) is 1. The second-order valence-corrected chi connectivity index (χ2v) is 6.88. The number of carbonyl (C=O) groups is 1. The van der Waals surface area contributed by atoms with E-state index in [2.05, 4.69) is 4.98 Å². The molecule has 6 heteroatoms. The summed E-state index contributed by atoms with van der Waals surface area (Å²) < 4.78 is 5.51. The lowest BCUT2D eigenvalue weighted by atomic mass is 9.74. The first kappa shape index (κ1) is 15.5. The zero-order valence-corrected chi connectivity index (χ0v) is 13.7. The molecule has 22 heavy (non-hydrogen) atoms. The molecular weight excluding hydrogens is 322 g/mol. The molecule has 1 saturated heterocycles. The van der Waals surface area contributed by atoms with Crippen LogP contribution in [0.4, 0.5) is 0 Å². The van der Waals surface area contributed by atoms with E-state index in [1.165, 1.54) is 11.3 Å². The van der Waals surface area contributed by atoms with Gasteiger partial charge in [0.05, 0.1) is 11.1 Å². The highest BCUT2D eigenvalue weighted by Gasteiger charge is 2.40. The smallest absolute Gasteiger partial charge is 0.347 e. The van der Waals surface area contributed by atoms with Crippen molar-refractivity contribution in [3.8, 4) is 0 Å². The number of nitrogens with zero attached hydrogens (tertiary/aromatic N) is 1. The zero-order chi connectivity index (χ0) is 15.7. The van der Waals surface area contributed by atoms with Gasteiger partial charge in [-0.25, -0.2) is 9.78 Å². The lowest BCUT2D eigenvalue weighted by molar-refractivity contribution is 0.0630. The summed E-state index contributed by atoms with van der Waals surface area (Å²) in [6.07, 6.45) is 1.58. The van der Waals surface area contributed by atoms with Crippen molar-refractivity contribution >= 4 is 28.9 Å². The van der Waals surface area contributed by atoms with E-state index in [0.717, 1.165) is 23.4 Å². The third kappa shape index (κ3) is 2.64. The average molecular weight is 338 g/mol. The Kier molecular flexibility index (Phi) is 4.21. The van der Waals surface area contributed by atoms with Crippen LogP contribution < -0.4 is 0 Å². The van der Waals surface area contributed by atoms with Crippen molar-refractivity contribution in [3.63, 3.8) is 0 Å². The number of aryl methyl sites for hydroxylation is 1. The van der Waals surface area contributed by atoms with Gasteiger partial charge in [0.2, 0.25) is 0 Å². The van der Waals surface area contributed by atoms with Crippen molar-refractivity contribution in [2.75, 3.05) is 13.2 Å². The molecule has 0 spiro atoms. The summed E-state index contributed by atoms with van der Waals surface area (Å²) in [5.41, 5.74) is 1.41. The monoisotopic (exact) mass is 337 g/mol. The molecule has 0 saturated carbocycles. The van der Waals surface area contributed by atoms with E-state index >= 15 is 0 Å². The molecule has 0 atom stereocenters. The Balaban J connectivity index is 2.12. The van der Waals surface area contributed by atoms with E-state index < -0.39 is 5.97 Å². The van der Waals surface area contributed by atoms with Crippen LogP contribution in [0.2, 0.25) is 5.02 Å². The second kappa shape index (κ2) is 5.99. The molecule has 0 amide bonds. The molecule has 116 valence electrons. The lowest BCUT2D eigenvalue weighted by Gasteiger charge is -2.36. The van der Waals surface area contributed by atoms with Crippen LogP contribution in [0.15, 0.2) is 24.3 Å². The molecule has 0 bridgehead atoms. The molecule has 0 aliphatic carbocycles. The van der Waals surface area contributed by atoms with Gasteiger partial charge in [-0.1, -0.05) is 23.7 Å². The van der Waals surface area contributed by atoms with Gasteiger partial charge in [0.25, 0.3) is 0 Å². The van der Waals surface area contributed by atoms with Crippen LogP contribution in [-0.2, 0) is 10.2 Å². The largest absolute Gasteiger partial charge is 0.477 e. The SMILES string of the molecule is Cc1nc(C2(c3ccc(Cl)cc3)CCOCC2)sc1C(=O)O. The average Bonchev–Trinajstić information content (AvgIpc) is 2.91. The third-order valence-electron chi connectivity index (χ3n) is 4.14. The van der Waals surface area contributed by atoms with E-state index in [1.807, 2.05) is 24.3 Å². The number of carboxylic acids is 1. The Morgan fingerprint density at radius 1 is 1.32 bits per heavy atom. The van der Waals surface area contributed by atoms with Gasteiger partial charge in [0, 0.05) is 18.2 Å². The number of ether oxygens (including phenoxy) is 1. The molecule has 2 aromatic rings. The predicted molar refractivity (Wildman–Crippen MR) is 86.1 cm³/mol. The minimum atomic E-state index is -0.917. The zero-order valence-electron chi connectivity index (χ0n) is 12.1. The first-order valence-electron chi connectivity index (χ1n) is 7.08. The fraction of sp³-hybridized carbons (Fsp3) is 0.375. The van der Waals surface area contributed by atoms with Crippen LogP contribution in [0, 0.1) is 6.92 Å². The first-order valence-corrected chi connectivity index (χ1v) is 8.27. The van der Waals surface area contributed by atoms with Gasteiger partial charge >= 0.3 is 5.97 Å². The Morgan fingerprint density at radius 3 is 2.50 bits per heavy atom. The van der Waals surface area contributed by atoms with Gasteiger partial charge in [-0.05, 0) is 37.5 Å². The van der Waals surface area contributed by atoms with Gasteiger partial charge in [-0.15, -0.1) is 11.3 Å². The highest BCUT2D eigenvalue weighted by Crippen LogP contribution is 2.43. The maximum absolute atomic E-state index is 11.3. The van der Waals surface area contributed by atoms with Crippen molar-refractivity contribution < 1.29 is 14.6 Å². The van der Waals surface area contributed by atoms with Gasteiger partial charge in [0.15, 0.2) is 0 Å². The molecule has 2 heterocycles. The van der Waals surface area contributed by atoms with Gasteiger partial charge in [-0.2, -0.15) is 0 Å². The Labute approximate surface area is 137 Å². The Hall–Kier alpha value is -1.43. The normalized spacial score (nSPS) is 17.4. The van der Waals surface area contributed by atoms with Crippen LogP contribution in [-0.4, -0.2) is 29.3 Å². The maximum Gasteiger partial charge on any atom is 0.347 e. The molecule has 1 N–H and O–H groups in total. The van der Waals surface area contributed by atoms with Crippen molar-refractivity contribution in [2.45, 2.75) is 25.2 Å². The van der Waals surface area contributed by atoms with Crippen LogP contribution in [0.25, 0.3) is 0 Å². The van der Waals surface area contributed by atoms with Crippen LogP contribution >= 0.6 is 22.9 Å². The summed E-state index contributed by atoms with van der Waals surface area (Å²) in [5, 5.41) is 10.8. The third-order valence-corrected chi connectivity index (χ3v) is 5.74. The number of rotatable bonds is 3. The number of carboxylic acid groups (broad SMARTS) is 1. The highest BCUT2D eigenvalue weighted by atomic mass is 35.5. The summed E-state index contributed by atoms with van der Waals surface area (Å²) >= 11 is 7.27. The molecule has 1 aliphatic heterocycles. The first-order chi connectivity index (χ1) is 10.5. The van der Waals surface area contributed by atoms with Gasteiger partial charge in [0.1, 0.15) is 9.88 Å². The minimum absolute atomic E-state index is 0.286. The maximum atomic E-state index is 11.3. The molecule has 1 aromatic carbocycles. The second-order valence-electron chi connectivity index (χ2n) is 5.44. The molecule has 1 fully saturated rings. The molecule has 3 rings (SSSR count). The van der Waals surface area contributed by atoms with Crippen molar-refractivity contribution in [2.24, 2.45) is 0 Å². The number of benzene rings is 1. The molecule has 1 aliphatic rings. The number of aromatic nitrogens is 1. The van der Waals surface area contributed by atoms with E-state index in [9.17, 15) is 9.90 Å². The topological polar surface area (TPSA) is 59.4 Å². The fourth-order valence-electron chi connectivity index (χ4n) is 2.91.